The quantitative estimate of drug-likeness (QED) is 0.720. The number of nitrogens with one attached hydrogen (secondary N) is 2. The molecular formula is C21H28N2O4S2. The maximum Gasteiger partial charge on any atom is 0.262 e. The molecule has 1 fully saturated rings. The topological polar surface area (TPSA) is 92.3 Å². The van der Waals surface area contributed by atoms with E-state index in [4.69, 9.17) is 0 Å². The Kier molecular flexibility index (Phi) is 5.57. The Morgan fingerprint density at radius 2 is 1.38 bits per heavy atom. The van der Waals surface area contributed by atoms with E-state index in [-0.39, 0.29) is 21.2 Å². The van der Waals surface area contributed by atoms with Crippen LogP contribution in [0.25, 0.3) is 0 Å². The van der Waals surface area contributed by atoms with E-state index in [0.717, 1.165) is 18.4 Å². The second-order valence-corrected chi connectivity index (χ2v) is 12.0. The Morgan fingerprint density at radius 1 is 0.862 bits per heavy atom. The average molecular weight is 437 g/mol. The summed E-state index contributed by atoms with van der Waals surface area (Å²) < 4.78 is 55.7. The fourth-order valence-corrected chi connectivity index (χ4v) is 6.02. The summed E-state index contributed by atoms with van der Waals surface area (Å²) in [6.07, 6.45) is 1.70. The van der Waals surface area contributed by atoms with Gasteiger partial charge in [-0.05, 0) is 73.1 Å². The van der Waals surface area contributed by atoms with Crippen LogP contribution in [0.5, 0.6) is 0 Å². The summed E-state index contributed by atoms with van der Waals surface area (Å²) in [7, 11) is -7.38. The first-order valence-electron chi connectivity index (χ1n) is 9.56. The predicted molar refractivity (Wildman–Crippen MR) is 115 cm³/mol. The second kappa shape index (κ2) is 7.41. The summed E-state index contributed by atoms with van der Waals surface area (Å²) in [6.45, 7) is 9.83. The monoisotopic (exact) mass is 436 g/mol. The van der Waals surface area contributed by atoms with Crippen molar-refractivity contribution in [2.75, 3.05) is 4.72 Å². The Balaban J connectivity index is 1.86. The summed E-state index contributed by atoms with van der Waals surface area (Å²) in [5.41, 5.74) is 2.66. The predicted octanol–water partition coefficient (Wildman–Crippen LogP) is 3.84. The molecule has 158 valence electrons. The summed E-state index contributed by atoms with van der Waals surface area (Å²) in [5.74, 6) is 0. The summed E-state index contributed by atoms with van der Waals surface area (Å²) >= 11 is 0. The van der Waals surface area contributed by atoms with E-state index >= 15 is 0 Å². The van der Waals surface area contributed by atoms with Gasteiger partial charge in [-0.15, -0.1) is 0 Å². The lowest BCUT2D eigenvalue weighted by molar-refractivity contribution is 0.581. The highest BCUT2D eigenvalue weighted by atomic mass is 32.2. The molecule has 3 rings (SSSR count). The molecule has 2 aromatic rings. The van der Waals surface area contributed by atoms with Crippen molar-refractivity contribution in [1.82, 2.24) is 4.72 Å². The van der Waals surface area contributed by atoms with E-state index in [1.807, 2.05) is 12.1 Å². The molecule has 29 heavy (non-hydrogen) atoms. The second-order valence-electron chi connectivity index (χ2n) is 8.71. The normalized spacial score (nSPS) is 15.3. The molecule has 2 N–H and O–H groups in total. The lowest BCUT2D eigenvalue weighted by atomic mass is 9.85. The van der Waals surface area contributed by atoms with Crippen molar-refractivity contribution in [1.29, 1.82) is 0 Å². The number of rotatable bonds is 6. The molecule has 1 aliphatic rings. The van der Waals surface area contributed by atoms with Crippen LogP contribution in [0.4, 0.5) is 5.69 Å². The van der Waals surface area contributed by atoms with Gasteiger partial charge in [-0.3, -0.25) is 4.72 Å². The Bertz CT molecular complexity index is 1100. The first kappa shape index (κ1) is 21.8. The van der Waals surface area contributed by atoms with Gasteiger partial charge in [0.05, 0.1) is 9.79 Å². The van der Waals surface area contributed by atoms with Crippen molar-refractivity contribution in [3.63, 3.8) is 0 Å². The minimum absolute atomic E-state index is 0.0141. The largest absolute Gasteiger partial charge is 0.280 e. The maximum absolute atomic E-state index is 13.0. The van der Waals surface area contributed by atoms with Crippen LogP contribution in [-0.2, 0) is 25.5 Å². The molecule has 0 amide bonds. The van der Waals surface area contributed by atoms with Gasteiger partial charge in [-0.1, -0.05) is 32.9 Å². The zero-order valence-corrected chi connectivity index (χ0v) is 19.0. The number of aryl methyl sites for hydroxylation is 2. The fourth-order valence-electron chi connectivity index (χ4n) is 3.20. The van der Waals surface area contributed by atoms with Crippen LogP contribution >= 0.6 is 0 Å². The molecule has 6 nitrogen and oxygen atoms in total. The van der Waals surface area contributed by atoms with E-state index in [9.17, 15) is 16.8 Å². The molecule has 0 heterocycles. The van der Waals surface area contributed by atoms with Crippen molar-refractivity contribution in [2.24, 2.45) is 0 Å². The minimum atomic E-state index is -3.81. The highest BCUT2D eigenvalue weighted by Crippen LogP contribution is 2.30. The van der Waals surface area contributed by atoms with E-state index in [0.29, 0.717) is 16.8 Å². The van der Waals surface area contributed by atoms with E-state index in [2.05, 4.69) is 30.2 Å². The summed E-state index contributed by atoms with van der Waals surface area (Å²) in [5, 5.41) is 0. The molecule has 1 aliphatic carbocycles. The van der Waals surface area contributed by atoms with Crippen molar-refractivity contribution < 1.29 is 16.8 Å². The van der Waals surface area contributed by atoms with Gasteiger partial charge in [-0.2, -0.15) is 0 Å². The lowest BCUT2D eigenvalue weighted by Crippen LogP contribution is -2.25. The smallest absolute Gasteiger partial charge is 0.262 e. The van der Waals surface area contributed by atoms with E-state index in [1.165, 1.54) is 24.3 Å². The molecule has 8 heteroatoms. The Morgan fingerprint density at radius 3 is 1.83 bits per heavy atom. The van der Waals surface area contributed by atoms with Gasteiger partial charge >= 0.3 is 0 Å². The third-order valence-corrected chi connectivity index (χ3v) is 8.13. The highest BCUT2D eigenvalue weighted by molar-refractivity contribution is 7.92. The number of hydrogen-bond donors (Lipinski definition) is 2. The van der Waals surface area contributed by atoms with Gasteiger partial charge < -0.3 is 0 Å². The Labute approximate surface area is 173 Å². The molecule has 0 unspecified atom stereocenters. The molecule has 2 aromatic carbocycles. The third kappa shape index (κ3) is 4.99. The molecule has 0 radical (unpaired) electrons. The van der Waals surface area contributed by atoms with Crippen LogP contribution in [0.15, 0.2) is 46.2 Å². The third-order valence-electron chi connectivity index (χ3n) is 4.91. The van der Waals surface area contributed by atoms with Crippen LogP contribution in [0.2, 0.25) is 0 Å². The van der Waals surface area contributed by atoms with Gasteiger partial charge in [0, 0.05) is 11.7 Å². The van der Waals surface area contributed by atoms with E-state index in [1.54, 1.807) is 13.8 Å². The minimum Gasteiger partial charge on any atom is -0.280 e. The molecule has 0 aromatic heterocycles. The van der Waals surface area contributed by atoms with Crippen molar-refractivity contribution >= 4 is 25.7 Å². The first-order valence-corrected chi connectivity index (χ1v) is 12.5. The zero-order chi connectivity index (χ0) is 21.6. The first-order chi connectivity index (χ1) is 13.3. The van der Waals surface area contributed by atoms with Crippen LogP contribution in [0.1, 0.15) is 50.3 Å². The fraction of sp³-hybridized carbons (Fsp3) is 0.429. The van der Waals surface area contributed by atoms with Gasteiger partial charge in [0.25, 0.3) is 10.0 Å². The van der Waals surface area contributed by atoms with E-state index < -0.39 is 20.0 Å². The standard InChI is InChI=1S/C21H28N2O4S2/c1-14-12-16(21(3,4)5)13-15(2)20(14)29(26,27)23-18-8-10-19(11-9-18)28(24,25)22-17-6-7-17/h8-13,17,22-23H,6-7H2,1-5H3. The van der Waals surface area contributed by atoms with Crippen molar-refractivity contribution in [3.8, 4) is 0 Å². The molecule has 1 saturated carbocycles. The summed E-state index contributed by atoms with van der Waals surface area (Å²) in [4.78, 5) is 0.367. The van der Waals surface area contributed by atoms with Gasteiger partial charge in [-0.25, -0.2) is 21.6 Å². The van der Waals surface area contributed by atoms with Crippen molar-refractivity contribution in [2.45, 2.75) is 68.7 Å². The van der Waals surface area contributed by atoms with Crippen LogP contribution in [-0.4, -0.2) is 22.9 Å². The SMILES string of the molecule is Cc1cc(C(C)(C)C)cc(C)c1S(=O)(=O)Nc1ccc(S(=O)(=O)NC2CC2)cc1. The molecule has 0 atom stereocenters. The van der Waals surface area contributed by atoms with Crippen LogP contribution < -0.4 is 9.44 Å². The number of hydrogen-bond acceptors (Lipinski definition) is 4. The van der Waals surface area contributed by atoms with Crippen LogP contribution in [0.3, 0.4) is 0 Å². The van der Waals surface area contributed by atoms with Gasteiger partial charge in [0.15, 0.2) is 0 Å². The number of sulfonamides is 2. The van der Waals surface area contributed by atoms with Crippen LogP contribution in [0, 0.1) is 13.8 Å². The van der Waals surface area contributed by atoms with Gasteiger partial charge in [0.2, 0.25) is 10.0 Å². The van der Waals surface area contributed by atoms with Crippen molar-refractivity contribution in [3.05, 3.63) is 53.1 Å². The summed E-state index contributed by atoms with van der Waals surface area (Å²) in [6, 6.07) is 9.57. The maximum atomic E-state index is 13.0. The molecule has 0 bridgehead atoms. The molecular weight excluding hydrogens is 408 g/mol. The molecule has 0 saturated heterocycles. The number of benzene rings is 2. The number of anilines is 1. The average Bonchev–Trinajstić information content (AvgIpc) is 3.36. The molecule has 0 spiro atoms. The van der Waals surface area contributed by atoms with Gasteiger partial charge in [0.1, 0.15) is 0 Å². The zero-order valence-electron chi connectivity index (χ0n) is 17.4. The molecule has 0 aliphatic heterocycles. The highest BCUT2D eigenvalue weighted by Gasteiger charge is 2.28. The lowest BCUT2D eigenvalue weighted by Gasteiger charge is -2.22. The Hall–Kier alpha value is -1.90.